The molecule has 3 unspecified atom stereocenters. The van der Waals surface area contributed by atoms with Crippen LogP contribution < -0.4 is 0 Å². The molecule has 3 atom stereocenters. The van der Waals surface area contributed by atoms with Gasteiger partial charge in [0, 0.05) is 0 Å². The van der Waals surface area contributed by atoms with E-state index >= 15 is 0 Å². The molecule has 1 fully saturated rings. The third-order valence-electron chi connectivity index (χ3n) is 3.82. The highest BCUT2D eigenvalue weighted by molar-refractivity contribution is 5.78. The van der Waals surface area contributed by atoms with Gasteiger partial charge in [-0.1, -0.05) is 20.3 Å². The Bertz CT molecular complexity index is 337. The lowest BCUT2D eigenvalue weighted by Crippen LogP contribution is -2.35. The van der Waals surface area contributed by atoms with Gasteiger partial charge in [-0.3, -0.25) is 9.59 Å². The molecule has 0 aromatic carbocycles. The van der Waals surface area contributed by atoms with Gasteiger partial charge in [0.2, 0.25) is 0 Å². The summed E-state index contributed by atoms with van der Waals surface area (Å²) in [7, 11) is 1.38. The average molecular weight is 286 g/mol. The molecule has 0 aromatic heterocycles. The van der Waals surface area contributed by atoms with Gasteiger partial charge in [0.15, 0.2) is 0 Å². The molecule has 1 saturated heterocycles. The summed E-state index contributed by atoms with van der Waals surface area (Å²) < 4.78 is 15.2. The molecule has 0 N–H and O–H groups in total. The van der Waals surface area contributed by atoms with Gasteiger partial charge in [-0.2, -0.15) is 0 Å². The first-order chi connectivity index (χ1) is 9.46. The van der Waals surface area contributed by atoms with E-state index < -0.39 is 5.41 Å². The Hall–Kier alpha value is -1.10. The van der Waals surface area contributed by atoms with Crippen LogP contribution in [0.5, 0.6) is 0 Å². The molecule has 0 amide bonds. The second-order valence-electron chi connectivity index (χ2n) is 5.70. The minimum absolute atomic E-state index is 0.0624. The lowest BCUT2D eigenvalue weighted by Gasteiger charge is -2.29. The number of rotatable bonds is 9. The molecule has 1 aliphatic heterocycles. The lowest BCUT2D eigenvalue weighted by molar-refractivity contribution is -0.159. The number of ether oxygens (including phenoxy) is 3. The summed E-state index contributed by atoms with van der Waals surface area (Å²) in [4.78, 5) is 24.0. The second-order valence-corrected chi connectivity index (χ2v) is 5.70. The van der Waals surface area contributed by atoms with Gasteiger partial charge in [-0.05, 0) is 26.2 Å². The molecule has 1 aliphatic rings. The quantitative estimate of drug-likeness (QED) is 0.481. The van der Waals surface area contributed by atoms with E-state index in [9.17, 15) is 9.59 Å². The van der Waals surface area contributed by atoms with Crippen LogP contribution in [-0.2, 0) is 23.8 Å². The first-order valence-electron chi connectivity index (χ1n) is 7.33. The summed E-state index contributed by atoms with van der Waals surface area (Å²) in [6, 6.07) is 0. The van der Waals surface area contributed by atoms with Crippen LogP contribution in [0.4, 0.5) is 0 Å². The van der Waals surface area contributed by atoms with Crippen molar-refractivity contribution in [2.75, 3.05) is 20.3 Å². The van der Waals surface area contributed by atoms with Crippen LogP contribution in [0.1, 0.15) is 46.5 Å². The number of hydrogen-bond donors (Lipinski definition) is 0. The van der Waals surface area contributed by atoms with Crippen LogP contribution >= 0.6 is 0 Å². The number of esters is 2. The molecule has 0 aliphatic carbocycles. The van der Waals surface area contributed by atoms with E-state index in [1.54, 1.807) is 0 Å². The van der Waals surface area contributed by atoms with Crippen molar-refractivity contribution in [1.29, 1.82) is 0 Å². The zero-order valence-corrected chi connectivity index (χ0v) is 12.9. The van der Waals surface area contributed by atoms with Gasteiger partial charge < -0.3 is 14.2 Å². The SMILES string of the molecule is CCCC(C)(CC(CC)C(=O)OC)C(=O)OCC1CO1. The Morgan fingerprint density at radius 3 is 2.50 bits per heavy atom. The Labute approximate surface area is 121 Å². The van der Waals surface area contributed by atoms with Crippen molar-refractivity contribution in [3.8, 4) is 0 Å². The molecule has 1 heterocycles. The third-order valence-corrected chi connectivity index (χ3v) is 3.82. The fourth-order valence-electron chi connectivity index (χ4n) is 2.45. The maximum Gasteiger partial charge on any atom is 0.311 e. The molecule has 0 saturated carbocycles. The topological polar surface area (TPSA) is 65.1 Å². The van der Waals surface area contributed by atoms with Crippen molar-refractivity contribution in [3.05, 3.63) is 0 Å². The molecule has 0 aromatic rings. The maximum absolute atomic E-state index is 12.3. The summed E-state index contributed by atoms with van der Waals surface area (Å²) in [5.74, 6) is -0.758. The minimum Gasteiger partial charge on any atom is -0.469 e. The monoisotopic (exact) mass is 286 g/mol. The van der Waals surface area contributed by atoms with Crippen LogP contribution in [-0.4, -0.2) is 38.4 Å². The van der Waals surface area contributed by atoms with Crippen molar-refractivity contribution < 1.29 is 23.8 Å². The average Bonchev–Trinajstić information content (AvgIpc) is 3.25. The van der Waals surface area contributed by atoms with Gasteiger partial charge in [-0.15, -0.1) is 0 Å². The molecule has 0 bridgehead atoms. The van der Waals surface area contributed by atoms with Gasteiger partial charge in [0.25, 0.3) is 0 Å². The Kier molecular flexibility index (Phi) is 6.46. The number of hydrogen-bond acceptors (Lipinski definition) is 5. The molecule has 0 spiro atoms. The Morgan fingerprint density at radius 2 is 2.05 bits per heavy atom. The molecule has 5 heteroatoms. The van der Waals surface area contributed by atoms with E-state index in [1.165, 1.54) is 7.11 Å². The van der Waals surface area contributed by atoms with Crippen molar-refractivity contribution in [3.63, 3.8) is 0 Å². The Balaban J connectivity index is 2.66. The van der Waals surface area contributed by atoms with Crippen LogP contribution in [0.25, 0.3) is 0 Å². The van der Waals surface area contributed by atoms with E-state index in [4.69, 9.17) is 14.2 Å². The van der Waals surface area contributed by atoms with Crippen LogP contribution in [0.2, 0.25) is 0 Å². The van der Waals surface area contributed by atoms with Crippen molar-refractivity contribution in [2.24, 2.45) is 11.3 Å². The van der Waals surface area contributed by atoms with E-state index in [-0.39, 0.29) is 24.0 Å². The molecular formula is C15H26O5. The molecule has 1 rings (SSSR count). The second kappa shape index (κ2) is 7.62. The zero-order chi connectivity index (χ0) is 15.2. The van der Waals surface area contributed by atoms with Gasteiger partial charge in [0.1, 0.15) is 12.7 Å². The summed E-state index contributed by atoms with van der Waals surface area (Å²) in [6.45, 7) is 6.80. The molecular weight excluding hydrogens is 260 g/mol. The normalized spacial score (nSPS) is 21.7. The van der Waals surface area contributed by atoms with Crippen molar-refractivity contribution in [1.82, 2.24) is 0 Å². The predicted molar refractivity (Wildman–Crippen MR) is 74.1 cm³/mol. The van der Waals surface area contributed by atoms with Crippen LogP contribution in [0.3, 0.4) is 0 Å². The first kappa shape index (κ1) is 17.0. The standard InChI is InChI=1S/C15H26O5/c1-5-7-15(3,8-11(6-2)13(16)18-4)14(17)20-10-12-9-19-12/h11-12H,5-10H2,1-4H3. The highest BCUT2D eigenvalue weighted by atomic mass is 16.6. The predicted octanol–water partition coefficient (Wildman–Crippen LogP) is 2.32. The molecule has 20 heavy (non-hydrogen) atoms. The number of epoxide rings is 1. The van der Waals surface area contributed by atoms with E-state index in [0.717, 1.165) is 6.42 Å². The summed E-state index contributed by atoms with van der Waals surface area (Å²) in [5, 5.41) is 0. The highest BCUT2D eigenvalue weighted by Crippen LogP contribution is 2.35. The fraction of sp³-hybridized carbons (Fsp3) is 0.867. The molecule has 116 valence electrons. The van der Waals surface area contributed by atoms with Gasteiger partial charge >= 0.3 is 11.9 Å². The zero-order valence-electron chi connectivity index (χ0n) is 12.9. The van der Waals surface area contributed by atoms with Gasteiger partial charge in [-0.25, -0.2) is 0 Å². The van der Waals surface area contributed by atoms with E-state index in [0.29, 0.717) is 32.5 Å². The van der Waals surface area contributed by atoms with E-state index in [2.05, 4.69) is 0 Å². The third kappa shape index (κ3) is 4.78. The fourth-order valence-corrected chi connectivity index (χ4v) is 2.45. The first-order valence-corrected chi connectivity index (χ1v) is 7.33. The number of methoxy groups -OCH3 is 1. The van der Waals surface area contributed by atoms with Gasteiger partial charge in [0.05, 0.1) is 25.0 Å². The number of carbonyl (C=O) groups excluding carboxylic acids is 2. The summed E-state index contributed by atoms with van der Waals surface area (Å²) in [5.41, 5.74) is -0.640. The minimum atomic E-state index is -0.640. The lowest BCUT2D eigenvalue weighted by atomic mass is 9.76. The van der Waals surface area contributed by atoms with Crippen molar-refractivity contribution in [2.45, 2.75) is 52.6 Å². The molecule has 5 nitrogen and oxygen atoms in total. The number of carbonyl (C=O) groups is 2. The Morgan fingerprint density at radius 1 is 1.40 bits per heavy atom. The van der Waals surface area contributed by atoms with Crippen LogP contribution in [0, 0.1) is 11.3 Å². The summed E-state index contributed by atoms with van der Waals surface area (Å²) >= 11 is 0. The van der Waals surface area contributed by atoms with Crippen LogP contribution in [0.15, 0.2) is 0 Å². The highest BCUT2D eigenvalue weighted by Gasteiger charge is 2.39. The van der Waals surface area contributed by atoms with Crippen molar-refractivity contribution >= 4 is 11.9 Å². The maximum atomic E-state index is 12.3. The smallest absolute Gasteiger partial charge is 0.311 e. The van der Waals surface area contributed by atoms with E-state index in [1.807, 2.05) is 20.8 Å². The summed E-state index contributed by atoms with van der Waals surface area (Å²) in [6.07, 6.45) is 2.75. The largest absolute Gasteiger partial charge is 0.469 e. The molecule has 0 radical (unpaired) electrons.